The monoisotopic (exact) mass is 596 g/mol. The molecule has 0 saturated heterocycles. The normalized spacial score (nSPS) is 13.1. The Labute approximate surface area is 218 Å². The number of phosphoric acid groups is 1. The van der Waals surface area contributed by atoms with Crippen LogP contribution in [0.25, 0.3) is 22.4 Å². The molecule has 210 valence electrons. The van der Waals surface area contributed by atoms with Gasteiger partial charge in [-0.25, -0.2) is 13.3 Å². The molecule has 4 rings (SSSR count). The van der Waals surface area contributed by atoms with Crippen molar-refractivity contribution in [2.45, 2.75) is 26.3 Å². The van der Waals surface area contributed by atoms with E-state index in [1.807, 2.05) is 0 Å². The number of hydrogen-bond acceptors (Lipinski definition) is 6. The molecular formula is C21H18F5N4O7PS. The number of aryl methyl sites for hydroxylation is 2. The number of benzene rings is 1. The number of nitrogens with zero attached hydrogens (tertiary/aromatic N) is 4. The van der Waals surface area contributed by atoms with Crippen molar-refractivity contribution in [3.8, 4) is 11.3 Å². The zero-order valence-corrected chi connectivity index (χ0v) is 21.8. The van der Waals surface area contributed by atoms with Gasteiger partial charge in [0.25, 0.3) is 11.5 Å². The predicted octanol–water partition coefficient (Wildman–Crippen LogP) is 3.34. The van der Waals surface area contributed by atoms with E-state index in [2.05, 4.69) is 9.52 Å². The first kappa shape index (κ1) is 28.6. The molecule has 1 amide bonds. The number of furan rings is 1. The van der Waals surface area contributed by atoms with Crippen LogP contribution in [0.5, 0.6) is 0 Å². The Morgan fingerprint density at radius 2 is 1.85 bits per heavy atom. The Bertz CT molecular complexity index is 1790. The lowest BCUT2D eigenvalue weighted by Gasteiger charge is -2.13. The number of alkyl halides is 3. The highest BCUT2D eigenvalue weighted by atomic mass is 32.1. The van der Waals surface area contributed by atoms with Crippen molar-refractivity contribution < 1.29 is 50.0 Å². The lowest BCUT2D eigenvalue weighted by molar-refractivity contribution is -0.140. The van der Waals surface area contributed by atoms with Crippen LogP contribution in [-0.4, -0.2) is 29.6 Å². The number of carbonyl (C=O) groups is 1. The molecule has 0 aliphatic rings. The van der Waals surface area contributed by atoms with E-state index < -0.39 is 61.4 Å². The summed E-state index contributed by atoms with van der Waals surface area (Å²) in [7, 11) is -2.06. The van der Waals surface area contributed by atoms with E-state index in [9.17, 15) is 36.1 Å². The predicted molar refractivity (Wildman–Crippen MR) is 125 cm³/mol. The molecule has 2 N–H and O–H groups in total. The number of hydrogen-bond donors (Lipinski definition) is 2. The highest BCUT2D eigenvalue weighted by Crippen LogP contribution is 2.38. The van der Waals surface area contributed by atoms with Crippen LogP contribution in [0.3, 0.4) is 0 Å². The molecule has 0 bridgehead atoms. The molecule has 0 aliphatic heterocycles. The molecule has 39 heavy (non-hydrogen) atoms. The molecule has 18 heteroatoms. The van der Waals surface area contributed by atoms with E-state index in [1.54, 1.807) is 7.05 Å². The summed E-state index contributed by atoms with van der Waals surface area (Å²) in [6.07, 6.45) is -5.62. The first-order chi connectivity index (χ1) is 18.0. The number of phosphoric ester groups is 1. The van der Waals surface area contributed by atoms with Gasteiger partial charge in [-0.1, -0.05) is 0 Å². The molecule has 4 aromatic rings. The van der Waals surface area contributed by atoms with Gasteiger partial charge in [-0.3, -0.25) is 28.0 Å². The fourth-order valence-corrected chi connectivity index (χ4v) is 4.98. The summed E-state index contributed by atoms with van der Waals surface area (Å²) in [6.45, 7) is 0.507. The molecule has 11 nitrogen and oxygen atoms in total. The number of rotatable bonds is 6. The van der Waals surface area contributed by atoms with Gasteiger partial charge in [-0.2, -0.15) is 18.2 Å². The fraction of sp³-hybridized carbons (Fsp3) is 0.286. The Kier molecular flexibility index (Phi) is 7.33. The van der Waals surface area contributed by atoms with Crippen LogP contribution in [0.15, 0.2) is 31.7 Å². The maximum atomic E-state index is 14.7. The van der Waals surface area contributed by atoms with Crippen molar-refractivity contribution in [1.29, 1.82) is 0 Å². The third-order valence-electron chi connectivity index (χ3n) is 5.81. The van der Waals surface area contributed by atoms with Gasteiger partial charge in [0.15, 0.2) is 16.4 Å². The molecule has 0 unspecified atom stereocenters. The highest BCUT2D eigenvalue weighted by molar-refractivity contribution is 7.46. The first-order valence-electron chi connectivity index (χ1n) is 10.7. The smallest absolute Gasteiger partial charge is 0.443 e. The van der Waals surface area contributed by atoms with Gasteiger partial charge >= 0.3 is 14.0 Å². The van der Waals surface area contributed by atoms with E-state index in [0.717, 1.165) is 9.95 Å². The molecule has 0 fully saturated rings. The summed E-state index contributed by atoms with van der Waals surface area (Å²) in [4.78, 5) is 47.2. The molecule has 0 spiro atoms. The molecular weight excluding hydrogens is 578 g/mol. The molecule has 3 aromatic heterocycles. The van der Waals surface area contributed by atoms with Gasteiger partial charge in [-0.15, -0.1) is 11.3 Å². The number of aromatic nitrogens is 3. The fourth-order valence-electron chi connectivity index (χ4n) is 3.81. The van der Waals surface area contributed by atoms with Crippen LogP contribution in [0.2, 0.25) is 0 Å². The Morgan fingerprint density at radius 3 is 2.46 bits per heavy atom. The first-order valence-corrected chi connectivity index (χ1v) is 13.1. The molecule has 1 aromatic carbocycles. The van der Waals surface area contributed by atoms with Gasteiger partial charge < -0.3 is 14.2 Å². The van der Waals surface area contributed by atoms with E-state index in [-0.39, 0.29) is 32.9 Å². The topological polar surface area (TPSA) is 141 Å². The highest BCUT2D eigenvalue weighted by Gasteiger charge is 2.36. The van der Waals surface area contributed by atoms with Crippen LogP contribution in [-0.2, 0) is 47.3 Å². The molecule has 0 atom stereocenters. The Balaban J connectivity index is 1.80. The zero-order chi connectivity index (χ0) is 29.0. The van der Waals surface area contributed by atoms with Crippen LogP contribution in [0.1, 0.15) is 16.9 Å². The lowest BCUT2D eigenvalue weighted by Crippen LogP contribution is -2.21. The van der Waals surface area contributed by atoms with Crippen molar-refractivity contribution in [2.24, 2.45) is 19.1 Å². The summed E-state index contributed by atoms with van der Waals surface area (Å²) in [5.74, 6) is -4.67. The SMILES string of the molecule is Cc1oc2c(c1CC(=O)/N=c1\scc(-c3ccc(C(F)(F)F)c(F)c3F)n1COP(=O)(O)O)c(=O)n(C)n2C. The summed E-state index contributed by atoms with van der Waals surface area (Å²) in [5.41, 5.74) is -2.91. The van der Waals surface area contributed by atoms with Gasteiger partial charge in [0.2, 0.25) is 5.71 Å². The summed E-state index contributed by atoms with van der Waals surface area (Å²) in [5, 5.41) is 1.24. The number of thiazole rings is 1. The average Bonchev–Trinajstić information content (AvgIpc) is 3.42. The minimum absolute atomic E-state index is 0.146. The van der Waals surface area contributed by atoms with E-state index in [1.165, 1.54) is 23.3 Å². The second-order valence-corrected chi connectivity index (χ2v) is 10.3. The summed E-state index contributed by atoms with van der Waals surface area (Å²) < 4.78 is 92.6. The molecule has 0 aliphatic carbocycles. The maximum Gasteiger partial charge on any atom is 0.471 e. The summed E-state index contributed by atoms with van der Waals surface area (Å²) in [6, 6.07) is 0.925. The van der Waals surface area contributed by atoms with Crippen molar-refractivity contribution in [2.75, 3.05) is 0 Å². The minimum atomic E-state index is -5.18. The number of fused-ring (bicyclic) bond motifs is 1. The van der Waals surface area contributed by atoms with Crippen molar-refractivity contribution in [3.63, 3.8) is 0 Å². The van der Waals surface area contributed by atoms with E-state index >= 15 is 0 Å². The second kappa shape index (κ2) is 9.98. The lowest BCUT2D eigenvalue weighted by atomic mass is 10.1. The average molecular weight is 596 g/mol. The molecule has 0 saturated carbocycles. The molecule has 3 heterocycles. The quantitative estimate of drug-likeness (QED) is 0.257. The van der Waals surface area contributed by atoms with Gasteiger partial charge in [0, 0.05) is 30.6 Å². The van der Waals surface area contributed by atoms with Crippen LogP contribution in [0.4, 0.5) is 22.0 Å². The van der Waals surface area contributed by atoms with Gasteiger partial charge in [-0.05, 0) is 19.1 Å². The largest absolute Gasteiger partial charge is 0.471 e. The van der Waals surface area contributed by atoms with Gasteiger partial charge in [0.05, 0.1) is 17.7 Å². The van der Waals surface area contributed by atoms with Gasteiger partial charge in [0.1, 0.15) is 17.9 Å². The second-order valence-electron chi connectivity index (χ2n) is 8.22. The summed E-state index contributed by atoms with van der Waals surface area (Å²) >= 11 is 0.642. The van der Waals surface area contributed by atoms with E-state index in [4.69, 9.17) is 14.2 Å². The van der Waals surface area contributed by atoms with Crippen molar-refractivity contribution >= 4 is 36.2 Å². The van der Waals surface area contributed by atoms with Crippen molar-refractivity contribution in [1.82, 2.24) is 13.9 Å². The third-order valence-corrected chi connectivity index (χ3v) is 7.12. The number of halogens is 5. The van der Waals surface area contributed by atoms with Crippen LogP contribution >= 0.6 is 19.2 Å². The standard InChI is InChI=1S/C21H18F5N4O7PS/c1-9-11(15-18(32)28(2)29(3)19(15)37-9)6-14(31)27-20-30(8-36-38(33,34)35)13(7-39-20)10-4-5-12(21(24,25)26)17(23)16(10)22/h4-5,7H,6,8H2,1-3H3,(H2,33,34,35)/b27-20-. The molecule has 0 radical (unpaired) electrons. The Hall–Kier alpha value is -3.37. The van der Waals surface area contributed by atoms with E-state index in [0.29, 0.717) is 23.5 Å². The van der Waals surface area contributed by atoms with Crippen LogP contribution in [0, 0.1) is 18.6 Å². The Morgan fingerprint density at radius 1 is 1.18 bits per heavy atom. The van der Waals surface area contributed by atoms with Crippen molar-refractivity contribution in [3.05, 3.63) is 61.2 Å². The zero-order valence-electron chi connectivity index (χ0n) is 20.1. The minimum Gasteiger partial charge on any atom is -0.443 e. The number of carbonyl (C=O) groups excluding carboxylic acids is 1. The number of amides is 1. The third kappa shape index (κ3) is 5.40. The van der Waals surface area contributed by atoms with Crippen LogP contribution < -0.4 is 10.4 Å². The maximum absolute atomic E-state index is 14.7.